The summed E-state index contributed by atoms with van der Waals surface area (Å²) in [6.45, 7) is 2.90. The lowest BCUT2D eigenvalue weighted by Gasteiger charge is -2.47. The molecule has 0 aromatic heterocycles. The fourth-order valence-electron chi connectivity index (χ4n) is 4.84. The third-order valence-corrected chi connectivity index (χ3v) is 7.60. The van der Waals surface area contributed by atoms with Crippen molar-refractivity contribution in [2.75, 3.05) is 25.4 Å². The molecule has 4 aliphatic rings. The van der Waals surface area contributed by atoms with Crippen LogP contribution in [0.5, 0.6) is 0 Å². The Balaban J connectivity index is 1.38. The highest BCUT2D eigenvalue weighted by molar-refractivity contribution is 7.89. The fourth-order valence-corrected chi connectivity index (χ4v) is 6.49. The van der Waals surface area contributed by atoms with Crippen LogP contribution in [0.15, 0.2) is 0 Å². The average Bonchev–Trinajstić information content (AvgIpc) is 3.31. The number of rotatable bonds is 5. The van der Waals surface area contributed by atoms with E-state index in [2.05, 4.69) is 9.62 Å². The van der Waals surface area contributed by atoms with Gasteiger partial charge in [0.25, 0.3) is 0 Å². The average molecular weight is 343 g/mol. The molecule has 3 unspecified atom stereocenters. The van der Waals surface area contributed by atoms with Gasteiger partial charge in [-0.3, -0.25) is 4.90 Å². The van der Waals surface area contributed by atoms with Gasteiger partial charge in [-0.1, -0.05) is 6.42 Å². The van der Waals surface area contributed by atoms with Crippen LogP contribution in [0.1, 0.15) is 51.4 Å². The summed E-state index contributed by atoms with van der Waals surface area (Å²) in [6.07, 6.45) is 9.22. The van der Waals surface area contributed by atoms with E-state index in [1.54, 1.807) is 0 Å². The number of hydrogen-bond acceptors (Lipinski definition) is 4. The minimum atomic E-state index is -3.24. The maximum absolute atomic E-state index is 12.6. The van der Waals surface area contributed by atoms with E-state index in [0.29, 0.717) is 18.4 Å². The highest BCUT2D eigenvalue weighted by atomic mass is 32.2. The molecule has 0 amide bonds. The summed E-state index contributed by atoms with van der Waals surface area (Å²) in [7, 11) is -3.24. The normalized spacial score (nSPS) is 39.3. The predicted molar refractivity (Wildman–Crippen MR) is 89.7 cm³/mol. The van der Waals surface area contributed by atoms with Crippen molar-refractivity contribution < 1.29 is 13.2 Å². The summed E-state index contributed by atoms with van der Waals surface area (Å²) in [4.78, 5) is 2.63. The number of sulfonamides is 1. The standard InChI is InChI=1S/C17H30N2O3S/c20-23(21,12-16-6-1-2-9-22-16)18-17-13-4-3-5-14(17)11-19(10-13)15-7-8-15/h13-18H,1-12H2. The van der Waals surface area contributed by atoms with Crippen LogP contribution in [0.3, 0.4) is 0 Å². The van der Waals surface area contributed by atoms with Gasteiger partial charge in [0.15, 0.2) is 0 Å². The summed E-state index contributed by atoms with van der Waals surface area (Å²) in [5.74, 6) is 1.16. The number of piperidine rings is 1. The van der Waals surface area contributed by atoms with Gasteiger partial charge in [-0.25, -0.2) is 13.1 Å². The first-order valence-corrected chi connectivity index (χ1v) is 11.1. The molecule has 0 radical (unpaired) electrons. The molecule has 2 heterocycles. The van der Waals surface area contributed by atoms with Crippen molar-refractivity contribution >= 4 is 10.0 Å². The Morgan fingerprint density at radius 2 is 1.70 bits per heavy atom. The molecule has 2 bridgehead atoms. The van der Waals surface area contributed by atoms with Crippen molar-refractivity contribution in [3.05, 3.63) is 0 Å². The van der Waals surface area contributed by atoms with Gasteiger partial charge in [0.05, 0.1) is 11.9 Å². The van der Waals surface area contributed by atoms with Crippen LogP contribution in [-0.4, -0.2) is 57.0 Å². The van der Waals surface area contributed by atoms with Crippen LogP contribution in [-0.2, 0) is 14.8 Å². The maximum atomic E-state index is 12.6. The van der Waals surface area contributed by atoms with Crippen LogP contribution < -0.4 is 4.72 Å². The van der Waals surface area contributed by atoms with Crippen LogP contribution in [0.2, 0.25) is 0 Å². The first-order valence-electron chi connectivity index (χ1n) is 9.46. The zero-order chi connectivity index (χ0) is 15.9. The molecule has 6 heteroatoms. The molecule has 0 aromatic carbocycles. The van der Waals surface area contributed by atoms with E-state index < -0.39 is 10.0 Å². The highest BCUT2D eigenvalue weighted by Gasteiger charge is 2.44. The van der Waals surface area contributed by atoms with Crippen LogP contribution in [0.25, 0.3) is 0 Å². The molecule has 5 nitrogen and oxygen atoms in total. The monoisotopic (exact) mass is 342 g/mol. The summed E-state index contributed by atoms with van der Waals surface area (Å²) in [5, 5.41) is 0. The summed E-state index contributed by atoms with van der Waals surface area (Å²) < 4.78 is 34.0. The van der Waals surface area contributed by atoms with Gasteiger partial charge < -0.3 is 4.74 Å². The molecule has 2 aliphatic carbocycles. The van der Waals surface area contributed by atoms with E-state index in [9.17, 15) is 8.42 Å². The zero-order valence-corrected chi connectivity index (χ0v) is 14.8. The van der Waals surface area contributed by atoms with E-state index >= 15 is 0 Å². The maximum Gasteiger partial charge on any atom is 0.214 e. The topological polar surface area (TPSA) is 58.6 Å². The molecular formula is C17H30N2O3S. The minimum Gasteiger partial charge on any atom is -0.377 e. The first-order chi connectivity index (χ1) is 11.1. The number of nitrogens with one attached hydrogen (secondary N) is 1. The summed E-state index contributed by atoms with van der Waals surface area (Å²) in [6, 6.07) is 0.957. The quantitative estimate of drug-likeness (QED) is 0.827. The molecule has 1 N–H and O–H groups in total. The first kappa shape index (κ1) is 16.3. The van der Waals surface area contributed by atoms with Gasteiger partial charge in [-0.15, -0.1) is 0 Å². The van der Waals surface area contributed by atoms with Gasteiger partial charge in [-0.2, -0.15) is 0 Å². The van der Waals surface area contributed by atoms with Crippen LogP contribution in [0.4, 0.5) is 0 Å². The van der Waals surface area contributed by atoms with E-state index in [-0.39, 0.29) is 17.9 Å². The third kappa shape index (κ3) is 3.91. The summed E-state index contributed by atoms with van der Waals surface area (Å²) >= 11 is 0. The second-order valence-electron chi connectivity index (χ2n) is 8.05. The zero-order valence-electron chi connectivity index (χ0n) is 14.0. The molecule has 0 aromatic rings. The highest BCUT2D eigenvalue weighted by Crippen LogP contribution is 2.39. The van der Waals surface area contributed by atoms with Gasteiger partial charge in [0.1, 0.15) is 0 Å². The fraction of sp³-hybridized carbons (Fsp3) is 1.00. The van der Waals surface area contributed by atoms with Gasteiger partial charge in [0, 0.05) is 31.8 Å². The Morgan fingerprint density at radius 3 is 2.30 bits per heavy atom. The van der Waals surface area contributed by atoms with Crippen molar-refractivity contribution in [1.29, 1.82) is 0 Å². The summed E-state index contributed by atoms with van der Waals surface area (Å²) in [5.41, 5.74) is 0. The Labute approximate surface area is 140 Å². The molecule has 132 valence electrons. The minimum absolute atomic E-state index is 0.104. The molecule has 4 rings (SSSR count). The molecule has 2 saturated carbocycles. The van der Waals surface area contributed by atoms with Crippen LogP contribution >= 0.6 is 0 Å². The van der Waals surface area contributed by atoms with Gasteiger partial charge >= 0.3 is 0 Å². The second kappa shape index (κ2) is 6.62. The number of likely N-dealkylation sites (tertiary alicyclic amines) is 1. The van der Waals surface area contributed by atoms with Gasteiger partial charge in [0.2, 0.25) is 10.0 Å². The molecule has 2 saturated heterocycles. The van der Waals surface area contributed by atoms with Crippen LogP contribution in [0, 0.1) is 11.8 Å². The van der Waals surface area contributed by atoms with Crippen molar-refractivity contribution in [3.63, 3.8) is 0 Å². The molecule has 2 aliphatic heterocycles. The van der Waals surface area contributed by atoms with Crippen molar-refractivity contribution in [1.82, 2.24) is 9.62 Å². The molecule has 4 fully saturated rings. The molecule has 0 spiro atoms. The van der Waals surface area contributed by atoms with E-state index in [1.807, 2.05) is 0 Å². The SMILES string of the molecule is O=S(=O)(CC1CCCCO1)NC1C2CCCC1CN(C1CC1)C2. The Kier molecular flexibility index (Phi) is 4.69. The van der Waals surface area contributed by atoms with E-state index in [4.69, 9.17) is 4.74 Å². The number of nitrogens with zero attached hydrogens (tertiary/aromatic N) is 1. The largest absolute Gasteiger partial charge is 0.377 e. The van der Waals surface area contributed by atoms with E-state index in [0.717, 1.165) is 38.4 Å². The molecule has 23 heavy (non-hydrogen) atoms. The number of hydrogen-bond donors (Lipinski definition) is 1. The Hall–Kier alpha value is -0.170. The Bertz CT molecular complexity index is 500. The molecular weight excluding hydrogens is 312 g/mol. The molecule has 3 atom stereocenters. The van der Waals surface area contributed by atoms with Crippen molar-refractivity contribution in [2.45, 2.75) is 69.6 Å². The predicted octanol–water partition coefficient (Wildman–Crippen LogP) is 1.74. The van der Waals surface area contributed by atoms with Crippen molar-refractivity contribution in [2.24, 2.45) is 11.8 Å². The lowest BCUT2D eigenvalue weighted by Crippen LogP contribution is -2.59. The lowest BCUT2D eigenvalue weighted by molar-refractivity contribution is 0.0294. The Morgan fingerprint density at radius 1 is 0.957 bits per heavy atom. The third-order valence-electron chi connectivity index (χ3n) is 6.16. The second-order valence-corrected chi connectivity index (χ2v) is 9.85. The van der Waals surface area contributed by atoms with Gasteiger partial charge in [-0.05, 0) is 56.8 Å². The number of fused-ring (bicyclic) bond motifs is 2. The van der Waals surface area contributed by atoms with E-state index in [1.165, 1.54) is 32.1 Å². The number of ether oxygens (including phenoxy) is 1. The lowest BCUT2D eigenvalue weighted by atomic mass is 9.74. The van der Waals surface area contributed by atoms with Crippen molar-refractivity contribution in [3.8, 4) is 0 Å². The smallest absolute Gasteiger partial charge is 0.214 e.